The minimum Gasteiger partial charge on any atom is -0.480 e. The van der Waals surface area contributed by atoms with Gasteiger partial charge in [-0.1, -0.05) is 23.7 Å². The van der Waals surface area contributed by atoms with Crippen LogP contribution in [0.2, 0.25) is 5.02 Å². The standard InChI is InChI=1S/C19H13ClF4N4O3/c20-11-4-5-13(21)15(7-11)26-16-8-14(27-18(28-16)25-9-17(29)30)10-2-1-3-12(6-10)31-19(22,23)24/h1-8H,9H2,(H,29,30)(H2,25,26,27,28). The predicted molar refractivity (Wildman–Crippen MR) is 105 cm³/mol. The van der Waals surface area contributed by atoms with E-state index < -0.39 is 30.4 Å². The van der Waals surface area contributed by atoms with Gasteiger partial charge in [0.05, 0.1) is 11.4 Å². The van der Waals surface area contributed by atoms with Crippen molar-refractivity contribution in [1.29, 1.82) is 0 Å². The van der Waals surface area contributed by atoms with E-state index in [1.54, 1.807) is 0 Å². The maximum Gasteiger partial charge on any atom is 0.573 e. The van der Waals surface area contributed by atoms with Crippen LogP contribution in [-0.4, -0.2) is 34.0 Å². The van der Waals surface area contributed by atoms with Gasteiger partial charge in [0.15, 0.2) is 0 Å². The van der Waals surface area contributed by atoms with E-state index in [0.29, 0.717) is 0 Å². The first-order chi connectivity index (χ1) is 14.6. The van der Waals surface area contributed by atoms with Crippen molar-refractivity contribution in [3.05, 3.63) is 59.4 Å². The van der Waals surface area contributed by atoms with Crippen molar-refractivity contribution in [2.75, 3.05) is 17.2 Å². The molecular formula is C19H13ClF4N4O3. The van der Waals surface area contributed by atoms with E-state index in [2.05, 4.69) is 25.3 Å². The number of nitrogens with zero attached hydrogens (tertiary/aromatic N) is 2. The molecular weight excluding hydrogens is 444 g/mol. The highest BCUT2D eigenvalue weighted by atomic mass is 35.5. The van der Waals surface area contributed by atoms with Crippen LogP contribution in [0.3, 0.4) is 0 Å². The Balaban J connectivity index is 2.00. The Morgan fingerprint density at radius 2 is 1.90 bits per heavy atom. The Labute approximate surface area is 177 Å². The molecule has 0 aliphatic rings. The lowest BCUT2D eigenvalue weighted by Gasteiger charge is -2.13. The summed E-state index contributed by atoms with van der Waals surface area (Å²) in [5, 5.41) is 14.3. The van der Waals surface area contributed by atoms with E-state index >= 15 is 0 Å². The number of carbonyl (C=O) groups is 1. The summed E-state index contributed by atoms with van der Waals surface area (Å²) in [4.78, 5) is 19.0. The third-order valence-corrected chi connectivity index (χ3v) is 3.91. The van der Waals surface area contributed by atoms with Crippen molar-refractivity contribution >= 4 is 35.0 Å². The maximum absolute atomic E-state index is 14.1. The largest absolute Gasteiger partial charge is 0.573 e. The van der Waals surface area contributed by atoms with Crippen molar-refractivity contribution < 1.29 is 32.2 Å². The zero-order valence-electron chi connectivity index (χ0n) is 15.4. The van der Waals surface area contributed by atoms with Crippen LogP contribution in [0.15, 0.2) is 48.5 Å². The van der Waals surface area contributed by atoms with Crippen molar-refractivity contribution in [3.8, 4) is 17.0 Å². The summed E-state index contributed by atoms with van der Waals surface area (Å²) in [7, 11) is 0. The Hall–Kier alpha value is -3.60. The van der Waals surface area contributed by atoms with E-state index in [4.69, 9.17) is 16.7 Å². The van der Waals surface area contributed by atoms with Gasteiger partial charge in [-0.05, 0) is 30.3 Å². The third kappa shape index (κ3) is 6.44. The molecule has 0 amide bonds. The summed E-state index contributed by atoms with van der Waals surface area (Å²) in [6.07, 6.45) is -4.88. The maximum atomic E-state index is 14.1. The Kier molecular flexibility index (Phi) is 6.44. The monoisotopic (exact) mass is 456 g/mol. The number of rotatable bonds is 7. The molecule has 0 saturated carbocycles. The molecule has 0 fully saturated rings. The normalized spacial score (nSPS) is 11.1. The van der Waals surface area contributed by atoms with E-state index in [0.717, 1.165) is 18.2 Å². The lowest BCUT2D eigenvalue weighted by molar-refractivity contribution is -0.274. The fraction of sp³-hybridized carbons (Fsp3) is 0.105. The third-order valence-electron chi connectivity index (χ3n) is 3.68. The van der Waals surface area contributed by atoms with Gasteiger partial charge in [-0.15, -0.1) is 13.2 Å². The number of hydrogen-bond donors (Lipinski definition) is 3. The number of ether oxygens (including phenoxy) is 1. The van der Waals surface area contributed by atoms with Gasteiger partial charge >= 0.3 is 12.3 Å². The van der Waals surface area contributed by atoms with Gasteiger partial charge in [0.1, 0.15) is 23.9 Å². The van der Waals surface area contributed by atoms with Crippen LogP contribution in [-0.2, 0) is 4.79 Å². The van der Waals surface area contributed by atoms with E-state index in [1.165, 1.54) is 30.3 Å². The average molecular weight is 457 g/mol. The number of anilines is 3. The first kappa shape index (κ1) is 22.1. The average Bonchev–Trinajstić information content (AvgIpc) is 2.68. The first-order valence-electron chi connectivity index (χ1n) is 8.52. The molecule has 0 bridgehead atoms. The molecule has 3 rings (SSSR count). The highest BCUT2D eigenvalue weighted by molar-refractivity contribution is 6.30. The lowest BCUT2D eigenvalue weighted by atomic mass is 10.1. The summed E-state index contributed by atoms with van der Waals surface area (Å²) >= 11 is 5.87. The van der Waals surface area contributed by atoms with Gasteiger partial charge in [0, 0.05) is 16.7 Å². The smallest absolute Gasteiger partial charge is 0.480 e. The molecule has 0 radical (unpaired) electrons. The summed E-state index contributed by atoms with van der Waals surface area (Å²) in [6.45, 7) is -0.522. The van der Waals surface area contributed by atoms with E-state index in [1.807, 2.05) is 0 Å². The second-order valence-corrected chi connectivity index (χ2v) is 6.47. The van der Waals surface area contributed by atoms with E-state index in [-0.39, 0.29) is 33.7 Å². The number of carboxylic acids is 1. The molecule has 0 saturated heterocycles. The van der Waals surface area contributed by atoms with Gasteiger partial charge in [0.2, 0.25) is 5.95 Å². The minimum atomic E-state index is -4.88. The molecule has 0 atom stereocenters. The fourth-order valence-electron chi connectivity index (χ4n) is 2.48. The number of hydrogen-bond acceptors (Lipinski definition) is 6. The highest BCUT2D eigenvalue weighted by Gasteiger charge is 2.31. The lowest BCUT2D eigenvalue weighted by Crippen LogP contribution is -2.17. The molecule has 0 spiro atoms. The van der Waals surface area contributed by atoms with Crippen LogP contribution in [0.5, 0.6) is 5.75 Å². The second kappa shape index (κ2) is 9.04. The quantitative estimate of drug-likeness (QED) is 0.427. The van der Waals surface area contributed by atoms with Crippen LogP contribution < -0.4 is 15.4 Å². The van der Waals surface area contributed by atoms with Crippen molar-refractivity contribution in [3.63, 3.8) is 0 Å². The molecule has 0 aliphatic carbocycles. The van der Waals surface area contributed by atoms with Gasteiger partial charge < -0.3 is 20.5 Å². The molecule has 1 heterocycles. The molecule has 1 aromatic heterocycles. The predicted octanol–water partition coefficient (Wildman–Crippen LogP) is 5.07. The highest BCUT2D eigenvalue weighted by Crippen LogP contribution is 2.30. The number of aromatic nitrogens is 2. The van der Waals surface area contributed by atoms with Crippen LogP contribution in [0.1, 0.15) is 0 Å². The fourth-order valence-corrected chi connectivity index (χ4v) is 2.65. The summed E-state index contributed by atoms with van der Waals surface area (Å²) < 4.78 is 55.5. The van der Waals surface area contributed by atoms with Crippen molar-refractivity contribution in [1.82, 2.24) is 9.97 Å². The summed E-state index contributed by atoms with van der Waals surface area (Å²) in [6, 6.07) is 10.1. The summed E-state index contributed by atoms with van der Waals surface area (Å²) in [5.41, 5.74) is 0.327. The molecule has 0 aliphatic heterocycles. The topological polar surface area (TPSA) is 96.4 Å². The van der Waals surface area contributed by atoms with Crippen LogP contribution in [0.4, 0.5) is 35.0 Å². The molecule has 7 nitrogen and oxygen atoms in total. The number of benzene rings is 2. The van der Waals surface area contributed by atoms with Crippen molar-refractivity contribution in [2.24, 2.45) is 0 Å². The van der Waals surface area contributed by atoms with Crippen LogP contribution in [0, 0.1) is 5.82 Å². The number of halogens is 5. The van der Waals surface area contributed by atoms with Gasteiger partial charge in [-0.25, -0.2) is 9.37 Å². The number of alkyl halides is 3. The Morgan fingerprint density at radius 3 is 2.61 bits per heavy atom. The number of aliphatic carboxylic acids is 1. The SMILES string of the molecule is O=C(O)CNc1nc(Nc2cc(Cl)ccc2F)cc(-c2cccc(OC(F)(F)F)c2)n1. The molecule has 162 valence electrons. The van der Waals surface area contributed by atoms with Crippen LogP contribution in [0.25, 0.3) is 11.3 Å². The molecule has 0 unspecified atom stereocenters. The van der Waals surface area contributed by atoms with Crippen LogP contribution >= 0.6 is 11.6 Å². The van der Waals surface area contributed by atoms with Gasteiger partial charge in [-0.3, -0.25) is 4.79 Å². The van der Waals surface area contributed by atoms with Gasteiger partial charge in [-0.2, -0.15) is 4.98 Å². The zero-order chi connectivity index (χ0) is 22.6. The summed E-state index contributed by atoms with van der Waals surface area (Å²) in [5.74, 6) is -2.40. The Morgan fingerprint density at radius 1 is 1.13 bits per heavy atom. The van der Waals surface area contributed by atoms with E-state index in [9.17, 15) is 22.4 Å². The van der Waals surface area contributed by atoms with Crippen molar-refractivity contribution in [2.45, 2.75) is 6.36 Å². The zero-order valence-corrected chi connectivity index (χ0v) is 16.1. The molecule has 2 aromatic carbocycles. The second-order valence-electron chi connectivity index (χ2n) is 6.03. The van der Waals surface area contributed by atoms with Gasteiger partial charge in [0.25, 0.3) is 0 Å². The minimum absolute atomic E-state index is 0.0181. The Bertz CT molecular complexity index is 1110. The first-order valence-corrected chi connectivity index (χ1v) is 8.90. The number of nitrogens with one attached hydrogen (secondary N) is 2. The molecule has 3 aromatic rings. The number of carboxylic acid groups (broad SMARTS) is 1. The molecule has 31 heavy (non-hydrogen) atoms. The molecule has 12 heteroatoms. The molecule has 3 N–H and O–H groups in total.